The first-order valence-electron chi connectivity index (χ1n) is 7.90. The van der Waals surface area contributed by atoms with Gasteiger partial charge in [0.1, 0.15) is 10.6 Å². The van der Waals surface area contributed by atoms with Crippen molar-refractivity contribution in [3.63, 3.8) is 0 Å². The number of methoxy groups -OCH3 is 1. The Morgan fingerprint density at radius 1 is 1.24 bits per heavy atom. The van der Waals surface area contributed by atoms with Crippen molar-refractivity contribution >= 4 is 17.3 Å². The van der Waals surface area contributed by atoms with E-state index >= 15 is 0 Å². The maximum Gasteiger partial charge on any atom is 0.348 e. The molecule has 2 aromatic heterocycles. The number of nitrogens with zero attached hydrogens (tertiary/aromatic N) is 2. The average Bonchev–Trinajstić information content (AvgIpc) is 3.25. The normalized spacial score (nSPS) is 12.4. The van der Waals surface area contributed by atoms with Crippen molar-refractivity contribution < 1.29 is 18.7 Å². The molecule has 6 nitrogen and oxygen atoms in total. The summed E-state index contributed by atoms with van der Waals surface area (Å²) in [7, 11) is 1.67. The summed E-state index contributed by atoms with van der Waals surface area (Å²) in [5, 5.41) is 7.53. The lowest BCUT2D eigenvalue weighted by atomic mass is 9.91. The summed E-state index contributed by atoms with van der Waals surface area (Å²) < 4.78 is 15.8. The highest BCUT2D eigenvalue weighted by atomic mass is 32.1. The molecule has 0 amide bonds. The third-order valence-electron chi connectivity index (χ3n) is 4.13. The van der Waals surface area contributed by atoms with Crippen LogP contribution in [0.1, 0.15) is 32.6 Å². The first-order valence-corrected chi connectivity index (χ1v) is 8.72. The lowest BCUT2D eigenvalue weighted by Crippen LogP contribution is -2.03. The Balaban J connectivity index is 1.55. The summed E-state index contributed by atoms with van der Waals surface area (Å²) in [6, 6.07) is 7.99. The zero-order chi connectivity index (χ0) is 17.4. The summed E-state index contributed by atoms with van der Waals surface area (Å²) in [5.41, 5.74) is 3.59. The Hall–Kier alpha value is -2.67. The van der Waals surface area contributed by atoms with Gasteiger partial charge in [0.25, 0.3) is 5.89 Å². The van der Waals surface area contributed by atoms with Gasteiger partial charge in [-0.2, -0.15) is 0 Å². The van der Waals surface area contributed by atoms with Crippen molar-refractivity contribution in [2.75, 3.05) is 7.11 Å². The van der Waals surface area contributed by atoms with Crippen LogP contribution >= 0.6 is 11.3 Å². The minimum Gasteiger partial charge on any atom is -0.497 e. The molecule has 0 unspecified atom stereocenters. The summed E-state index contributed by atoms with van der Waals surface area (Å²) in [4.78, 5) is 14.1. The van der Waals surface area contributed by atoms with Crippen molar-refractivity contribution in [3.8, 4) is 16.2 Å². The number of aryl methyl sites for hydroxylation is 3. The fraction of sp³-hybridized carbons (Fsp3) is 0.278. The Morgan fingerprint density at radius 3 is 2.84 bits per heavy atom. The average molecular weight is 356 g/mol. The van der Waals surface area contributed by atoms with E-state index in [9.17, 15) is 4.79 Å². The number of thiophene rings is 1. The molecule has 0 radical (unpaired) electrons. The molecule has 1 aliphatic rings. The van der Waals surface area contributed by atoms with Crippen molar-refractivity contribution in [1.29, 1.82) is 0 Å². The van der Waals surface area contributed by atoms with E-state index in [0.29, 0.717) is 16.7 Å². The van der Waals surface area contributed by atoms with Crippen LogP contribution in [0.4, 0.5) is 0 Å². The second-order valence-electron chi connectivity index (χ2n) is 5.78. The molecular formula is C18H16N2O4S. The van der Waals surface area contributed by atoms with Gasteiger partial charge in [-0.15, -0.1) is 21.5 Å². The number of fused-ring (bicyclic) bond motifs is 3. The molecule has 1 aliphatic carbocycles. The number of ether oxygens (including phenoxy) is 2. The van der Waals surface area contributed by atoms with E-state index in [-0.39, 0.29) is 12.6 Å². The van der Waals surface area contributed by atoms with Crippen LogP contribution in [0.2, 0.25) is 0 Å². The molecule has 3 aromatic rings. The van der Waals surface area contributed by atoms with Crippen molar-refractivity contribution in [3.05, 3.63) is 52.1 Å². The summed E-state index contributed by atoms with van der Waals surface area (Å²) >= 11 is 1.46. The van der Waals surface area contributed by atoms with Crippen molar-refractivity contribution in [2.45, 2.75) is 26.4 Å². The summed E-state index contributed by atoms with van der Waals surface area (Å²) in [6.07, 6.45) is 1.84. The van der Waals surface area contributed by atoms with Crippen molar-refractivity contribution in [1.82, 2.24) is 10.2 Å². The van der Waals surface area contributed by atoms with Crippen LogP contribution < -0.4 is 4.74 Å². The molecule has 2 heterocycles. The number of aromatic nitrogens is 2. The van der Waals surface area contributed by atoms with Gasteiger partial charge in [0.05, 0.1) is 7.11 Å². The SMILES string of the molecule is COc1ccc2c(c1)CCc1cc(C(=O)OCc3nnc(C)o3)sc1-2. The minimum atomic E-state index is -0.370. The number of rotatable bonds is 4. The third-order valence-corrected chi connectivity index (χ3v) is 5.32. The fourth-order valence-corrected chi connectivity index (χ4v) is 4.10. The van der Waals surface area contributed by atoms with Gasteiger partial charge in [-0.3, -0.25) is 0 Å². The van der Waals surface area contributed by atoms with Gasteiger partial charge in [0, 0.05) is 11.8 Å². The van der Waals surface area contributed by atoms with Gasteiger partial charge in [-0.1, -0.05) is 0 Å². The molecule has 25 heavy (non-hydrogen) atoms. The Kier molecular flexibility index (Phi) is 4.01. The lowest BCUT2D eigenvalue weighted by molar-refractivity contribution is 0.0442. The molecule has 0 bridgehead atoms. The van der Waals surface area contributed by atoms with Crippen LogP contribution in [0.3, 0.4) is 0 Å². The van der Waals surface area contributed by atoms with Crippen LogP contribution in [-0.4, -0.2) is 23.3 Å². The molecule has 4 rings (SSSR count). The first kappa shape index (κ1) is 15.8. The highest BCUT2D eigenvalue weighted by Crippen LogP contribution is 2.41. The number of esters is 1. The Labute approximate surface area is 148 Å². The lowest BCUT2D eigenvalue weighted by Gasteiger charge is -2.16. The molecule has 0 fully saturated rings. The third kappa shape index (κ3) is 3.02. The molecule has 0 atom stereocenters. The molecule has 0 saturated carbocycles. The van der Waals surface area contributed by atoms with E-state index in [1.807, 2.05) is 12.1 Å². The predicted octanol–water partition coefficient (Wildman–Crippen LogP) is 3.57. The summed E-state index contributed by atoms with van der Waals surface area (Å²) in [6.45, 7) is 1.67. The molecule has 1 aromatic carbocycles. The zero-order valence-corrected chi connectivity index (χ0v) is 14.7. The largest absolute Gasteiger partial charge is 0.497 e. The van der Waals surface area contributed by atoms with Crippen LogP contribution in [0.15, 0.2) is 28.7 Å². The van der Waals surface area contributed by atoms with Crippen LogP contribution in [0.5, 0.6) is 5.75 Å². The topological polar surface area (TPSA) is 74.5 Å². The Bertz CT molecular complexity index is 944. The van der Waals surface area contributed by atoms with E-state index in [4.69, 9.17) is 13.9 Å². The van der Waals surface area contributed by atoms with Crippen LogP contribution in [0, 0.1) is 6.92 Å². The highest BCUT2D eigenvalue weighted by molar-refractivity contribution is 7.17. The van der Waals surface area contributed by atoms with E-state index in [0.717, 1.165) is 23.5 Å². The fourth-order valence-electron chi connectivity index (χ4n) is 2.93. The van der Waals surface area contributed by atoms with Gasteiger partial charge < -0.3 is 13.9 Å². The van der Waals surface area contributed by atoms with E-state index in [1.54, 1.807) is 14.0 Å². The Morgan fingerprint density at radius 2 is 2.08 bits per heavy atom. The molecule has 0 spiro atoms. The van der Waals surface area contributed by atoms with Gasteiger partial charge >= 0.3 is 5.97 Å². The van der Waals surface area contributed by atoms with E-state index in [2.05, 4.69) is 22.3 Å². The number of benzene rings is 1. The van der Waals surface area contributed by atoms with E-state index < -0.39 is 0 Å². The second-order valence-corrected chi connectivity index (χ2v) is 6.83. The smallest absolute Gasteiger partial charge is 0.348 e. The maximum absolute atomic E-state index is 12.3. The zero-order valence-electron chi connectivity index (χ0n) is 13.9. The number of carbonyl (C=O) groups excluding carboxylic acids is 1. The molecule has 0 saturated heterocycles. The number of hydrogen-bond donors (Lipinski definition) is 0. The molecule has 0 N–H and O–H groups in total. The molecule has 128 valence electrons. The van der Waals surface area contributed by atoms with Crippen LogP contribution in [-0.2, 0) is 24.2 Å². The van der Waals surface area contributed by atoms with Gasteiger partial charge in [0.15, 0.2) is 6.61 Å². The molecule has 7 heteroatoms. The standard InChI is InChI=1S/C18H16N2O4S/c1-10-19-20-16(24-10)9-23-18(21)15-8-12-4-3-11-7-13(22-2)5-6-14(11)17(12)25-15/h5-8H,3-4,9H2,1-2H3. The minimum absolute atomic E-state index is 0.0178. The quantitative estimate of drug-likeness (QED) is 0.665. The maximum atomic E-state index is 12.3. The number of carbonyl (C=O) groups is 1. The summed E-state index contributed by atoms with van der Waals surface area (Å²) in [5.74, 6) is 1.23. The van der Waals surface area contributed by atoms with Crippen molar-refractivity contribution in [2.24, 2.45) is 0 Å². The first-order chi connectivity index (χ1) is 12.1. The second kappa shape index (κ2) is 6.33. The molecular weight excluding hydrogens is 340 g/mol. The van der Waals surface area contributed by atoms with Gasteiger partial charge in [-0.25, -0.2) is 4.79 Å². The van der Waals surface area contributed by atoms with Gasteiger partial charge in [0.2, 0.25) is 5.89 Å². The van der Waals surface area contributed by atoms with Crippen LogP contribution in [0.25, 0.3) is 10.4 Å². The monoisotopic (exact) mass is 356 g/mol. The predicted molar refractivity (Wildman–Crippen MR) is 91.9 cm³/mol. The molecule has 0 aliphatic heterocycles. The van der Waals surface area contributed by atoms with Gasteiger partial charge in [-0.05, 0) is 53.8 Å². The number of hydrogen-bond acceptors (Lipinski definition) is 7. The highest BCUT2D eigenvalue weighted by Gasteiger charge is 2.23. The van der Waals surface area contributed by atoms with E-state index in [1.165, 1.54) is 28.0 Å².